The van der Waals surface area contributed by atoms with Gasteiger partial charge in [0.05, 0.1) is 6.54 Å². The highest BCUT2D eigenvalue weighted by molar-refractivity contribution is 5.78. The summed E-state index contributed by atoms with van der Waals surface area (Å²) in [5.74, 6) is 0.317. The Balaban J connectivity index is 1.74. The number of rotatable bonds is 4. The average Bonchev–Trinajstić information content (AvgIpc) is 2.48. The molecule has 110 valence electrons. The zero-order chi connectivity index (χ0) is 13.7. The summed E-state index contributed by atoms with van der Waals surface area (Å²) in [6.45, 7) is 8.25. The predicted octanol–water partition coefficient (Wildman–Crippen LogP) is 1.41. The van der Waals surface area contributed by atoms with E-state index in [9.17, 15) is 4.79 Å². The van der Waals surface area contributed by atoms with Crippen molar-refractivity contribution in [2.24, 2.45) is 0 Å². The number of carbonyl (C=O) groups excluding carboxylic acids is 1. The number of amides is 1. The van der Waals surface area contributed by atoms with E-state index >= 15 is 0 Å². The first-order valence-electron chi connectivity index (χ1n) is 7.91. The molecule has 4 heteroatoms. The van der Waals surface area contributed by atoms with Gasteiger partial charge in [-0.05, 0) is 19.4 Å². The van der Waals surface area contributed by atoms with Gasteiger partial charge in [0, 0.05) is 39.3 Å². The van der Waals surface area contributed by atoms with Crippen molar-refractivity contribution in [3.05, 3.63) is 0 Å². The third-order valence-electron chi connectivity index (χ3n) is 4.79. The van der Waals surface area contributed by atoms with Gasteiger partial charge in [0.1, 0.15) is 0 Å². The van der Waals surface area contributed by atoms with Crippen LogP contribution in [0.25, 0.3) is 0 Å². The second kappa shape index (κ2) is 7.25. The van der Waals surface area contributed by atoms with Gasteiger partial charge >= 0.3 is 0 Å². The number of hydrogen-bond acceptors (Lipinski definition) is 3. The van der Waals surface area contributed by atoms with Crippen LogP contribution in [0.5, 0.6) is 0 Å². The summed E-state index contributed by atoms with van der Waals surface area (Å²) in [5.41, 5.74) is 0. The van der Waals surface area contributed by atoms with Crippen molar-refractivity contribution in [1.82, 2.24) is 14.7 Å². The molecule has 0 aromatic heterocycles. The van der Waals surface area contributed by atoms with Crippen molar-refractivity contribution in [1.29, 1.82) is 0 Å². The fourth-order valence-electron chi connectivity index (χ4n) is 3.24. The van der Waals surface area contributed by atoms with Gasteiger partial charge < -0.3 is 9.80 Å². The lowest BCUT2D eigenvalue weighted by Gasteiger charge is -2.36. The molecular weight excluding hydrogens is 238 g/mol. The Morgan fingerprint density at radius 2 is 1.63 bits per heavy atom. The lowest BCUT2D eigenvalue weighted by molar-refractivity contribution is -0.134. The largest absolute Gasteiger partial charge is 0.342 e. The van der Waals surface area contributed by atoms with Gasteiger partial charge in [0.15, 0.2) is 0 Å². The first kappa shape index (κ1) is 14.8. The van der Waals surface area contributed by atoms with Crippen LogP contribution in [-0.4, -0.2) is 73.0 Å². The van der Waals surface area contributed by atoms with E-state index in [2.05, 4.69) is 16.7 Å². The number of piperazine rings is 1. The third kappa shape index (κ3) is 4.18. The summed E-state index contributed by atoms with van der Waals surface area (Å²) in [4.78, 5) is 19.1. The highest BCUT2D eigenvalue weighted by Gasteiger charge is 2.24. The van der Waals surface area contributed by atoms with Crippen molar-refractivity contribution in [3.8, 4) is 0 Å². The molecule has 1 aliphatic carbocycles. The molecule has 2 fully saturated rings. The van der Waals surface area contributed by atoms with Crippen LogP contribution < -0.4 is 0 Å². The highest BCUT2D eigenvalue weighted by Crippen LogP contribution is 2.21. The van der Waals surface area contributed by atoms with Crippen molar-refractivity contribution >= 4 is 5.91 Å². The van der Waals surface area contributed by atoms with Crippen LogP contribution in [0.2, 0.25) is 0 Å². The molecule has 0 bridgehead atoms. The molecule has 4 nitrogen and oxygen atoms in total. The zero-order valence-electron chi connectivity index (χ0n) is 12.6. The van der Waals surface area contributed by atoms with Crippen LogP contribution in [0.15, 0.2) is 0 Å². The van der Waals surface area contributed by atoms with Gasteiger partial charge in [-0.25, -0.2) is 0 Å². The smallest absolute Gasteiger partial charge is 0.236 e. The first-order chi connectivity index (χ1) is 9.20. The molecule has 1 aliphatic heterocycles. The van der Waals surface area contributed by atoms with Gasteiger partial charge in [-0.1, -0.05) is 26.2 Å². The molecule has 2 aliphatic rings. The maximum absolute atomic E-state index is 12.3. The van der Waals surface area contributed by atoms with E-state index in [1.807, 2.05) is 11.9 Å². The molecule has 19 heavy (non-hydrogen) atoms. The zero-order valence-corrected chi connectivity index (χ0v) is 12.6. The number of nitrogens with zero attached hydrogens (tertiary/aromatic N) is 3. The minimum absolute atomic E-state index is 0.317. The number of carbonyl (C=O) groups is 1. The highest BCUT2D eigenvalue weighted by atomic mass is 16.2. The lowest BCUT2D eigenvalue weighted by atomic mass is 9.94. The van der Waals surface area contributed by atoms with Gasteiger partial charge in [0.25, 0.3) is 0 Å². The Morgan fingerprint density at radius 1 is 1.05 bits per heavy atom. The fourth-order valence-corrected chi connectivity index (χ4v) is 3.24. The van der Waals surface area contributed by atoms with Gasteiger partial charge in [0.2, 0.25) is 5.91 Å². The second-order valence-corrected chi connectivity index (χ2v) is 6.01. The van der Waals surface area contributed by atoms with E-state index in [1.54, 1.807) is 0 Å². The van der Waals surface area contributed by atoms with E-state index in [0.717, 1.165) is 32.7 Å². The molecular formula is C15H29N3O. The van der Waals surface area contributed by atoms with E-state index in [-0.39, 0.29) is 0 Å². The molecule has 1 saturated carbocycles. The summed E-state index contributed by atoms with van der Waals surface area (Å²) in [7, 11) is 2.00. The molecule has 0 atom stereocenters. The summed E-state index contributed by atoms with van der Waals surface area (Å²) >= 11 is 0. The summed E-state index contributed by atoms with van der Waals surface area (Å²) < 4.78 is 0. The monoisotopic (exact) mass is 267 g/mol. The van der Waals surface area contributed by atoms with Crippen LogP contribution in [0, 0.1) is 0 Å². The normalized spacial score (nSPS) is 23.5. The molecule has 0 radical (unpaired) electrons. The standard InChI is InChI=1S/C15H29N3O/c1-3-17-9-11-18(12-10-17)13-15(19)16(2)14-7-5-4-6-8-14/h14H,3-13H2,1-2H3. The Labute approximate surface area is 117 Å². The number of hydrogen-bond donors (Lipinski definition) is 0. The molecule has 1 saturated heterocycles. The third-order valence-corrected chi connectivity index (χ3v) is 4.79. The van der Waals surface area contributed by atoms with Gasteiger partial charge in [-0.15, -0.1) is 0 Å². The molecule has 0 N–H and O–H groups in total. The molecule has 0 aromatic rings. The van der Waals surface area contributed by atoms with Crippen molar-refractivity contribution in [2.45, 2.75) is 45.1 Å². The maximum atomic E-state index is 12.3. The van der Waals surface area contributed by atoms with Crippen LogP contribution >= 0.6 is 0 Å². The van der Waals surface area contributed by atoms with Gasteiger partial charge in [-0.3, -0.25) is 9.69 Å². The Bertz CT molecular complexity index is 281. The quantitative estimate of drug-likeness (QED) is 0.771. The minimum atomic E-state index is 0.317. The Hall–Kier alpha value is -0.610. The minimum Gasteiger partial charge on any atom is -0.342 e. The van der Waals surface area contributed by atoms with Crippen LogP contribution in [0.4, 0.5) is 0 Å². The Morgan fingerprint density at radius 3 is 2.21 bits per heavy atom. The van der Waals surface area contributed by atoms with E-state index in [4.69, 9.17) is 0 Å². The average molecular weight is 267 g/mol. The predicted molar refractivity (Wildman–Crippen MR) is 78.2 cm³/mol. The molecule has 0 unspecified atom stereocenters. The summed E-state index contributed by atoms with van der Waals surface area (Å²) in [6.07, 6.45) is 6.32. The van der Waals surface area contributed by atoms with E-state index in [1.165, 1.54) is 32.1 Å². The van der Waals surface area contributed by atoms with Gasteiger partial charge in [-0.2, -0.15) is 0 Å². The molecule has 0 aromatic carbocycles. The van der Waals surface area contributed by atoms with Crippen LogP contribution in [-0.2, 0) is 4.79 Å². The lowest BCUT2D eigenvalue weighted by Crippen LogP contribution is -2.50. The topological polar surface area (TPSA) is 26.8 Å². The molecule has 0 spiro atoms. The SMILES string of the molecule is CCN1CCN(CC(=O)N(C)C2CCCCC2)CC1. The van der Waals surface area contributed by atoms with E-state index < -0.39 is 0 Å². The molecule has 1 amide bonds. The van der Waals surface area contributed by atoms with Crippen LogP contribution in [0.3, 0.4) is 0 Å². The van der Waals surface area contributed by atoms with Crippen LogP contribution in [0.1, 0.15) is 39.0 Å². The number of likely N-dealkylation sites (N-methyl/N-ethyl adjacent to an activating group) is 2. The molecule has 1 heterocycles. The summed E-state index contributed by atoms with van der Waals surface area (Å²) in [6, 6.07) is 0.498. The summed E-state index contributed by atoms with van der Waals surface area (Å²) in [5, 5.41) is 0. The second-order valence-electron chi connectivity index (χ2n) is 6.01. The van der Waals surface area contributed by atoms with Crippen molar-refractivity contribution < 1.29 is 4.79 Å². The van der Waals surface area contributed by atoms with Crippen molar-refractivity contribution in [2.75, 3.05) is 46.3 Å². The van der Waals surface area contributed by atoms with E-state index in [0.29, 0.717) is 18.5 Å². The fraction of sp³-hybridized carbons (Fsp3) is 0.933. The Kier molecular flexibility index (Phi) is 5.64. The first-order valence-corrected chi connectivity index (χ1v) is 7.91. The maximum Gasteiger partial charge on any atom is 0.236 e. The van der Waals surface area contributed by atoms with Crippen molar-refractivity contribution in [3.63, 3.8) is 0 Å². The molecule has 2 rings (SSSR count).